The monoisotopic (exact) mass is 293 g/mol. The Balaban J connectivity index is 2.55. The molecule has 0 aliphatic heterocycles. The number of methoxy groups -OCH3 is 1. The molecule has 2 N–H and O–H groups in total. The Labute approximate surface area is 127 Å². The molecule has 0 radical (unpaired) electrons. The molecule has 1 aromatic carbocycles. The van der Waals surface area contributed by atoms with Gasteiger partial charge in [0.05, 0.1) is 13.2 Å². The fraction of sp³-hybridized carbons (Fsp3) is 0.562. The van der Waals surface area contributed by atoms with Crippen LogP contribution in [0.5, 0.6) is 0 Å². The summed E-state index contributed by atoms with van der Waals surface area (Å²) >= 11 is 0. The zero-order chi connectivity index (χ0) is 15.5. The van der Waals surface area contributed by atoms with E-state index in [1.54, 1.807) is 7.11 Å². The van der Waals surface area contributed by atoms with Crippen LogP contribution in [0.1, 0.15) is 19.4 Å². The second-order valence-corrected chi connectivity index (χ2v) is 4.84. The molecule has 0 heterocycles. The van der Waals surface area contributed by atoms with Gasteiger partial charge in [0, 0.05) is 25.9 Å². The van der Waals surface area contributed by atoms with Crippen molar-refractivity contribution in [2.24, 2.45) is 0 Å². The van der Waals surface area contributed by atoms with E-state index in [4.69, 9.17) is 4.74 Å². The molecule has 0 atom stereocenters. The first-order valence-corrected chi connectivity index (χ1v) is 7.51. The molecule has 0 aromatic heterocycles. The van der Waals surface area contributed by atoms with E-state index in [0.29, 0.717) is 19.7 Å². The molecule has 0 spiro atoms. The molecule has 1 rings (SSSR count). The number of ether oxygens (including phenoxy) is 1. The summed E-state index contributed by atoms with van der Waals surface area (Å²) < 4.78 is 4.93. The van der Waals surface area contributed by atoms with Crippen LogP contribution in [-0.2, 0) is 16.1 Å². The molecule has 0 unspecified atom stereocenters. The second-order valence-electron chi connectivity index (χ2n) is 4.84. The molecular formula is C16H27N3O2. The van der Waals surface area contributed by atoms with Crippen LogP contribution in [0.4, 0.5) is 5.69 Å². The summed E-state index contributed by atoms with van der Waals surface area (Å²) in [5.74, 6) is -0.0295. The minimum absolute atomic E-state index is 0.0295. The third-order valence-electron chi connectivity index (χ3n) is 3.35. The average molecular weight is 293 g/mol. The van der Waals surface area contributed by atoms with Crippen LogP contribution >= 0.6 is 0 Å². The highest BCUT2D eigenvalue weighted by Crippen LogP contribution is 2.17. The molecule has 0 fully saturated rings. The van der Waals surface area contributed by atoms with E-state index < -0.39 is 0 Å². The Morgan fingerprint density at radius 2 is 1.95 bits per heavy atom. The zero-order valence-corrected chi connectivity index (χ0v) is 13.3. The van der Waals surface area contributed by atoms with Gasteiger partial charge in [-0.15, -0.1) is 0 Å². The van der Waals surface area contributed by atoms with Crippen molar-refractivity contribution >= 4 is 11.6 Å². The third kappa shape index (κ3) is 6.71. The molecule has 0 saturated heterocycles. The molecule has 0 aliphatic carbocycles. The number of para-hydroxylation sites is 1. The number of carbonyl (C=O) groups is 1. The summed E-state index contributed by atoms with van der Waals surface area (Å²) in [5, 5.41) is 6.01. The minimum atomic E-state index is -0.0295. The minimum Gasteiger partial charge on any atom is -0.383 e. The number of hydrogen-bond acceptors (Lipinski definition) is 4. The van der Waals surface area contributed by atoms with Crippen LogP contribution < -0.4 is 10.6 Å². The van der Waals surface area contributed by atoms with Gasteiger partial charge in [0.1, 0.15) is 0 Å². The highest BCUT2D eigenvalue weighted by atomic mass is 16.5. The number of anilines is 1. The average Bonchev–Trinajstić information content (AvgIpc) is 2.50. The zero-order valence-electron chi connectivity index (χ0n) is 13.3. The first kappa shape index (κ1) is 17.6. The summed E-state index contributed by atoms with van der Waals surface area (Å²) in [6.45, 7) is 8.70. The smallest absolute Gasteiger partial charge is 0.238 e. The lowest BCUT2D eigenvalue weighted by atomic mass is 10.1. The molecule has 5 nitrogen and oxygen atoms in total. The van der Waals surface area contributed by atoms with Crippen molar-refractivity contribution in [1.82, 2.24) is 10.2 Å². The molecular weight excluding hydrogens is 266 g/mol. The van der Waals surface area contributed by atoms with Gasteiger partial charge in [-0.05, 0) is 24.7 Å². The van der Waals surface area contributed by atoms with E-state index in [1.807, 2.05) is 18.2 Å². The normalized spacial score (nSPS) is 10.9. The van der Waals surface area contributed by atoms with Gasteiger partial charge >= 0.3 is 0 Å². The van der Waals surface area contributed by atoms with E-state index in [0.717, 1.165) is 30.9 Å². The summed E-state index contributed by atoms with van der Waals surface area (Å²) in [6.07, 6.45) is 0. The van der Waals surface area contributed by atoms with Gasteiger partial charge in [0.25, 0.3) is 0 Å². The largest absolute Gasteiger partial charge is 0.383 e. The molecule has 0 aliphatic rings. The van der Waals surface area contributed by atoms with Crippen molar-refractivity contribution in [2.45, 2.75) is 20.4 Å². The quantitative estimate of drug-likeness (QED) is 0.645. The highest BCUT2D eigenvalue weighted by molar-refractivity contribution is 5.92. The summed E-state index contributed by atoms with van der Waals surface area (Å²) in [5.41, 5.74) is 2.04. The first-order chi connectivity index (χ1) is 10.2. The number of nitrogens with zero attached hydrogens (tertiary/aromatic N) is 1. The van der Waals surface area contributed by atoms with E-state index in [1.165, 1.54) is 0 Å². The van der Waals surface area contributed by atoms with Crippen molar-refractivity contribution in [3.63, 3.8) is 0 Å². The van der Waals surface area contributed by atoms with Crippen molar-refractivity contribution in [2.75, 3.05) is 45.2 Å². The molecule has 0 bridgehead atoms. The van der Waals surface area contributed by atoms with E-state index in [2.05, 4.69) is 35.4 Å². The van der Waals surface area contributed by atoms with E-state index >= 15 is 0 Å². The van der Waals surface area contributed by atoms with Crippen LogP contribution in [0.25, 0.3) is 0 Å². The van der Waals surface area contributed by atoms with Gasteiger partial charge in [-0.1, -0.05) is 32.0 Å². The lowest BCUT2D eigenvalue weighted by Gasteiger charge is -2.20. The maximum absolute atomic E-state index is 11.9. The van der Waals surface area contributed by atoms with Crippen molar-refractivity contribution in [3.05, 3.63) is 29.8 Å². The predicted octanol–water partition coefficient (Wildman–Crippen LogP) is 1.70. The Kier molecular flexibility index (Phi) is 8.66. The van der Waals surface area contributed by atoms with Crippen LogP contribution in [0.3, 0.4) is 0 Å². The Morgan fingerprint density at radius 3 is 2.62 bits per heavy atom. The van der Waals surface area contributed by atoms with Crippen LogP contribution in [0, 0.1) is 0 Å². The molecule has 1 amide bonds. The fourth-order valence-electron chi connectivity index (χ4n) is 2.04. The molecule has 5 heteroatoms. The SMILES string of the molecule is CCN(CC)Cc1ccccc1NC(=O)CNCCOC. The maximum atomic E-state index is 11.9. The molecule has 1 aromatic rings. The fourth-order valence-corrected chi connectivity index (χ4v) is 2.04. The van der Waals surface area contributed by atoms with E-state index in [9.17, 15) is 4.79 Å². The predicted molar refractivity (Wildman–Crippen MR) is 86.4 cm³/mol. The van der Waals surface area contributed by atoms with Gasteiger partial charge < -0.3 is 15.4 Å². The van der Waals surface area contributed by atoms with Crippen molar-refractivity contribution < 1.29 is 9.53 Å². The molecule has 0 saturated carbocycles. The molecule has 118 valence electrons. The first-order valence-electron chi connectivity index (χ1n) is 7.51. The summed E-state index contributed by atoms with van der Waals surface area (Å²) in [6, 6.07) is 7.96. The number of hydrogen-bond donors (Lipinski definition) is 2. The number of benzene rings is 1. The number of rotatable bonds is 10. The van der Waals surface area contributed by atoms with Crippen LogP contribution in [-0.4, -0.2) is 50.7 Å². The van der Waals surface area contributed by atoms with Gasteiger partial charge in [0.15, 0.2) is 0 Å². The van der Waals surface area contributed by atoms with Gasteiger partial charge in [-0.25, -0.2) is 0 Å². The lowest BCUT2D eigenvalue weighted by Crippen LogP contribution is -2.31. The van der Waals surface area contributed by atoms with Crippen molar-refractivity contribution in [3.8, 4) is 0 Å². The number of nitrogens with one attached hydrogen (secondary N) is 2. The van der Waals surface area contributed by atoms with Crippen LogP contribution in [0.2, 0.25) is 0 Å². The van der Waals surface area contributed by atoms with E-state index in [-0.39, 0.29) is 5.91 Å². The Bertz CT molecular complexity index is 420. The van der Waals surface area contributed by atoms with Crippen LogP contribution in [0.15, 0.2) is 24.3 Å². The van der Waals surface area contributed by atoms with Gasteiger partial charge in [-0.2, -0.15) is 0 Å². The topological polar surface area (TPSA) is 53.6 Å². The Morgan fingerprint density at radius 1 is 1.24 bits per heavy atom. The summed E-state index contributed by atoms with van der Waals surface area (Å²) in [7, 11) is 1.64. The number of carbonyl (C=O) groups excluding carboxylic acids is 1. The highest BCUT2D eigenvalue weighted by Gasteiger charge is 2.08. The standard InChI is InChI=1S/C16H27N3O2/c1-4-19(5-2)13-14-8-6-7-9-15(14)18-16(20)12-17-10-11-21-3/h6-9,17H,4-5,10-13H2,1-3H3,(H,18,20). The Hall–Kier alpha value is -1.43. The number of amides is 1. The third-order valence-corrected chi connectivity index (χ3v) is 3.35. The van der Waals surface area contributed by atoms with Gasteiger partial charge in [0.2, 0.25) is 5.91 Å². The molecule has 21 heavy (non-hydrogen) atoms. The van der Waals surface area contributed by atoms with Gasteiger partial charge in [-0.3, -0.25) is 9.69 Å². The second kappa shape index (κ2) is 10.3. The maximum Gasteiger partial charge on any atom is 0.238 e. The lowest BCUT2D eigenvalue weighted by molar-refractivity contribution is -0.115. The van der Waals surface area contributed by atoms with Crippen molar-refractivity contribution in [1.29, 1.82) is 0 Å². The summed E-state index contributed by atoms with van der Waals surface area (Å²) in [4.78, 5) is 14.2.